The summed E-state index contributed by atoms with van der Waals surface area (Å²) in [5.41, 5.74) is 2.53. The van der Waals surface area contributed by atoms with Crippen molar-refractivity contribution in [1.29, 1.82) is 0 Å². The lowest BCUT2D eigenvalue weighted by Gasteiger charge is -2.08. The minimum absolute atomic E-state index is 0.955. The van der Waals surface area contributed by atoms with Gasteiger partial charge in [-0.05, 0) is 62.9 Å². The molecule has 0 unspecified atom stereocenters. The molecule has 1 aromatic heterocycles. The van der Waals surface area contributed by atoms with Crippen molar-refractivity contribution in [2.24, 2.45) is 0 Å². The van der Waals surface area contributed by atoms with E-state index in [9.17, 15) is 0 Å². The van der Waals surface area contributed by atoms with Crippen LogP contribution in [0, 0.1) is 0 Å². The summed E-state index contributed by atoms with van der Waals surface area (Å²) in [6.45, 7) is 0.955. The van der Waals surface area contributed by atoms with Gasteiger partial charge in [0.25, 0.3) is 0 Å². The topological polar surface area (TPSA) is 12.0 Å². The van der Waals surface area contributed by atoms with Crippen molar-refractivity contribution in [1.82, 2.24) is 0 Å². The van der Waals surface area contributed by atoms with Gasteiger partial charge in [0.05, 0.1) is 0 Å². The summed E-state index contributed by atoms with van der Waals surface area (Å²) in [6.07, 6.45) is 1.06. The lowest BCUT2D eigenvalue weighted by Crippen LogP contribution is -2.04. The van der Waals surface area contributed by atoms with Crippen molar-refractivity contribution in [3.8, 4) is 0 Å². The van der Waals surface area contributed by atoms with E-state index in [1.165, 1.54) is 5.56 Å². The van der Waals surface area contributed by atoms with Gasteiger partial charge in [0.2, 0.25) is 0 Å². The zero-order valence-electron chi connectivity index (χ0n) is 8.54. The van der Waals surface area contributed by atoms with Gasteiger partial charge in [0.1, 0.15) is 0 Å². The number of halogens is 2. The molecule has 1 nitrogen and oxygen atoms in total. The van der Waals surface area contributed by atoms with E-state index in [1.807, 2.05) is 12.1 Å². The van der Waals surface area contributed by atoms with Gasteiger partial charge < -0.3 is 5.32 Å². The van der Waals surface area contributed by atoms with Crippen LogP contribution in [0.5, 0.6) is 0 Å². The zero-order valence-corrected chi connectivity index (χ0v) is 12.5. The minimum Gasteiger partial charge on any atom is -0.384 e. The molecule has 0 amide bonds. The highest BCUT2D eigenvalue weighted by atomic mass is 79.9. The molecule has 0 saturated carbocycles. The molecule has 0 aliphatic heterocycles. The fourth-order valence-corrected chi connectivity index (χ4v) is 3.30. The van der Waals surface area contributed by atoms with Gasteiger partial charge in [-0.1, -0.05) is 15.9 Å². The molecule has 2 aromatic rings. The molecule has 0 radical (unpaired) electrons. The molecule has 0 fully saturated rings. The van der Waals surface area contributed by atoms with E-state index < -0.39 is 0 Å². The minimum atomic E-state index is 0.955. The van der Waals surface area contributed by atoms with Gasteiger partial charge in [0.15, 0.2) is 0 Å². The maximum atomic E-state index is 3.54. The third kappa shape index (κ3) is 3.34. The molecule has 4 heteroatoms. The second kappa shape index (κ2) is 5.84. The van der Waals surface area contributed by atoms with Gasteiger partial charge >= 0.3 is 0 Å². The molecule has 84 valence electrons. The quantitative estimate of drug-likeness (QED) is 0.815. The Hall–Kier alpha value is -0.320. The average Bonchev–Trinajstić information content (AvgIpc) is 2.74. The molecule has 0 aliphatic rings. The molecule has 0 bridgehead atoms. The number of anilines is 1. The van der Waals surface area contributed by atoms with Crippen LogP contribution >= 0.6 is 43.2 Å². The molecular weight excluding hydrogens is 350 g/mol. The predicted molar refractivity (Wildman–Crippen MR) is 78.4 cm³/mol. The van der Waals surface area contributed by atoms with Gasteiger partial charge in [-0.2, -0.15) is 11.3 Å². The van der Waals surface area contributed by atoms with Gasteiger partial charge in [0, 0.05) is 21.2 Å². The van der Waals surface area contributed by atoms with Gasteiger partial charge in [-0.15, -0.1) is 0 Å². The monoisotopic (exact) mass is 359 g/mol. The summed E-state index contributed by atoms with van der Waals surface area (Å²) >= 11 is 8.72. The van der Waals surface area contributed by atoms with Crippen molar-refractivity contribution in [2.45, 2.75) is 6.42 Å². The van der Waals surface area contributed by atoms with Crippen molar-refractivity contribution in [2.75, 3.05) is 11.9 Å². The Kier molecular flexibility index (Phi) is 4.44. The van der Waals surface area contributed by atoms with E-state index in [0.717, 1.165) is 27.6 Å². The number of thiophene rings is 1. The van der Waals surface area contributed by atoms with Crippen LogP contribution in [-0.2, 0) is 6.42 Å². The molecule has 16 heavy (non-hydrogen) atoms. The van der Waals surface area contributed by atoms with Crippen LogP contribution in [0.25, 0.3) is 0 Å². The summed E-state index contributed by atoms with van der Waals surface area (Å²) in [6, 6.07) is 8.33. The molecule has 1 N–H and O–H groups in total. The first kappa shape index (κ1) is 12.1. The summed E-state index contributed by atoms with van der Waals surface area (Å²) in [5.74, 6) is 0. The molecule has 1 heterocycles. The fraction of sp³-hybridized carbons (Fsp3) is 0.167. The van der Waals surface area contributed by atoms with Crippen molar-refractivity contribution in [3.63, 3.8) is 0 Å². The third-order valence-corrected chi connectivity index (χ3v) is 4.12. The van der Waals surface area contributed by atoms with E-state index in [4.69, 9.17) is 0 Å². The van der Waals surface area contributed by atoms with Crippen LogP contribution in [0.1, 0.15) is 5.56 Å². The van der Waals surface area contributed by atoms with E-state index in [-0.39, 0.29) is 0 Å². The van der Waals surface area contributed by atoms with Gasteiger partial charge in [-0.25, -0.2) is 0 Å². The van der Waals surface area contributed by atoms with Crippen LogP contribution in [0.4, 0.5) is 5.69 Å². The fourth-order valence-electron chi connectivity index (χ4n) is 1.41. The number of nitrogens with one attached hydrogen (secondary N) is 1. The third-order valence-electron chi connectivity index (χ3n) is 2.24. The molecule has 2 rings (SSSR count). The highest BCUT2D eigenvalue weighted by Crippen LogP contribution is 2.26. The van der Waals surface area contributed by atoms with Crippen LogP contribution < -0.4 is 5.32 Å². The van der Waals surface area contributed by atoms with Crippen LogP contribution in [-0.4, -0.2) is 6.54 Å². The number of hydrogen-bond donors (Lipinski definition) is 1. The van der Waals surface area contributed by atoms with E-state index in [2.05, 4.69) is 60.1 Å². The maximum Gasteiger partial charge on any atom is 0.0485 e. The second-order valence-corrected chi connectivity index (χ2v) is 5.98. The standard InChI is InChI=1S/C12H11Br2NS/c13-10-1-2-12(11(14)7-10)15-5-3-9-4-6-16-8-9/h1-2,4,6-8,15H,3,5H2. The molecular formula is C12H11Br2NS. The lowest BCUT2D eigenvalue weighted by molar-refractivity contribution is 1.03. The summed E-state index contributed by atoms with van der Waals surface area (Å²) < 4.78 is 2.18. The molecule has 0 saturated heterocycles. The largest absolute Gasteiger partial charge is 0.384 e. The predicted octanol–water partition coefficient (Wildman–Crippen LogP) is 4.93. The average molecular weight is 361 g/mol. The lowest BCUT2D eigenvalue weighted by atomic mass is 10.2. The highest BCUT2D eigenvalue weighted by molar-refractivity contribution is 9.11. The molecule has 0 spiro atoms. The van der Waals surface area contributed by atoms with Gasteiger partial charge in [-0.3, -0.25) is 0 Å². The smallest absolute Gasteiger partial charge is 0.0485 e. The first-order valence-corrected chi connectivity index (χ1v) is 7.48. The normalized spacial score (nSPS) is 10.4. The molecule has 0 atom stereocenters. The Morgan fingerprint density at radius 1 is 1.19 bits per heavy atom. The first-order valence-electron chi connectivity index (χ1n) is 4.96. The first-order chi connectivity index (χ1) is 7.75. The van der Waals surface area contributed by atoms with E-state index in [0.29, 0.717) is 0 Å². The summed E-state index contributed by atoms with van der Waals surface area (Å²) in [5, 5.41) is 7.72. The Morgan fingerprint density at radius 2 is 2.06 bits per heavy atom. The second-order valence-electron chi connectivity index (χ2n) is 3.43. The Labute approximate surface area is 116 Å². The van der Waals surface area contributed by atoms with E-state index in [1.54, 1.807) is 11.3 Å². The van der Waals surface area contributed by atoms with Crippen molar-refractivity contribution in [3.05, 3.63) is 49.5 Å². The zero-order chi connectivity index (χ0) is 11.4. The van der Waals surface area contributed by atoms with Crippen LogP contribution in [0.15, 0.2) is 44.0 Å². The Bertz CT molecular complexity index is 454. The number of hydrogen-bond acceptors (Lipinski definition) is 2. The number of rotatable bonds is 4. The molecule has 0 aliphatic carbocycles. The van der Waals surface area contributed by atoms with Crippen molar-refractivity contribution >= 4 is 48.9 Å². The Balaban J connectivity index is 1.90. The highest BCUT2D eigenvalue weighted by Gasteiger charge is 1.99. The maximum absolute atomic E-state index is 3.54. The van der Waals surface area contributed by atoms with E-state index >= 15 is 0 Å². The molecule has 1 aromatic carbocycles. The Morgan fingerprint density at radius 3 is 2.75 bits per heavy atom. The van der Waals surface area contributed by atoms with Crippen molar-refractivity contribution < 1.29 is 0 Å². The summed E-state index contributed by atoms with van der Waals surface area (Å²) in [7, 11) is 0. The SMILES string of the molecule is Brc1ccc(NCCc2ccsc2)c(Br)c1. The van der Waals surface area contributed by atoms with Crippen LogP contribution in [0.3, 0.4) is 0 Å². The summed E-state index contributed by atoms with van der Waals surface area (Å²) in [4.78, 5) is 0. The number of benzene rings is 1. The van der Waals surface area contributed by atoms with Crippen LogP contribution in [0.2, 0.25) is 0 Å².